The lowest BCUT2D eigenvalue weighted by atomic mass is 10.0. The number of alkyl halides is 3. The van der Waals surface area contributed by atoms with Crippen LogP contribution in [0.15, 0.2) is 12.1 Å². The molecule has 7 heteroatoms. The van der Waals surface area contributed by atoms with Gasteiger partial charge in [-0.25, -0.2) is 0 Å². The molecule has 0 heterocycles. The smallest absolute Gasteiger partial charge is 0.416 e. The van der Waals surface area contributed by atoms with Crippen LogP contribution in [0.25, 0.3) is 0 Å². The van der Waals surface area contributed by atoms with Crippen molar-refractivity contribution in [2.75, 3.05) is 7.11 Å². The Morgan fingerprint density at radius 1 is 1.41 bits per heavy atom. The Balaban J connectivity index is 3.57. The van der Waals surface area contributed by atoms with Gasteiger partial charge in [0.05, 0.1) is 23.8 Å². The summed E-state index contributed by atoms with van der Waals surface area (Å²) in [5, 5.41) is 0. The molecule has 0 saturated heterocycles. The molecule has 0 aliphatic carbocycles. The predicted molar refractivity (Wildman–Crippen MR) is 51.9 cm³/mol. The fraction of sp³-hybridized carbons (Fsp3) is 0.200. The van der Waals surface area contributed by atoms with Crippen molar-refractivity contribution < 1.29 is 27.5 Å². The average Bonchev–Trinajstić information content (AvgIpc) is 2.25. The van der Waals surface area contributed by atoms with E-state index in [-0.39, 0.29) is 17.6 Å². The minimum absolute atomic E-state index is 0.221. The predicted octanol–water partition coefficient (Wildman–Crippen LogP) is 1.63. The normalized spacial score (nSPS) is 11.1. The summed E-state index contributed by atoms with van der Waals surface area (Å²) < 4.78 is 42.1. The highest BCUT2D eigenvalue weighted by molar-refractivity contribution is 6.02. The van der Waals surface area contributed by atoms with Crippen LogP contribution in [0, 0.1) is 0 Å². The first-order valence-electron chi connectivity index (χ1n) is 4.35. The number of halogens is 3. The van der Waals surface area contributed by atoms with Gasteiger partial charge in [-0.1, -0.05) is 0 Å². The van der Waals surface area contributed by atoms with E-state index in [0.29, 0.717) is 12.1 Å². The van der Waals surface area contributed by atoms with Crippen molar-refractivity contribution >= 4 is 12.2 Å². The molecule has 0 atom stereocenters. The molecule has 0 aromatic heterocycles. The zero-order valence-electron chi connectivity index (χ0n) is 8.67. The third kappa shape index (κ3) is 2.55. The zero-order chi connectivity index (χ0) is 13.2. The minimum Gasteiger partial charge on any atom is -0.496 e. The van der Waals surface area contributed by atoms with Gasteiger partial charge in [0.15, 0.2) is 6.29 Å². The van der Waals surface area contributed by atoms with Crippen molar-refractivity contribution in [2.45, 2.75) is 6.18 Å². The van der Waals surface area contributed by atoms with E-state index in [0.717, 1.165) is 7.11 Å². The summed E-state index contributed by atoms with van der Waals surface area (Å²) in [6, 6.07) is 1.16. The SMILES string of the molecule is COc1cc(C(F)(F)F)cc(C(N)=O)c1C=O. The van der Waals surface area contributed by atoms with Crippen molar-refractivity contribution in [2.24, 2.45) is 5.73 Å². The Hall–Kier alpha value is -2.05. The van der Waals surface area contributed by atoms with Crippen LogP contribution in [-0.2, 0) is 6.18 Å². The van der Waals surface area contributed by atoms with E-state index in [1.165, 1.54) is 0 Å². The second kappa shape index (κ2) is 4.44. The molecule has 17 heavy (non-hydrogen) atoms. The molecule has 0 radical (unpaired) electrons. The average molecular weight is 247 g/mol. The number of rotatable bonds is 3. The summed E-state index contributed by atoms with van der Waals surface area (Å²) in [5.41, 5.74) is 2.98. The number of benzene rings is 1. The number of methoxy groups -OCH3 is 1. The first-order chi connectivity index (χ1) is 7.81. The van der Waals surface area contributed by atoms with Gasteiger partial charge in [0.1, 0.15) is 5.75 Å². The Labute approximate surface area is 94.2 Å². The maximum Gasteiger partial charge on any atom is 0.416 e. The van der Waals surface area contributed by atoms with E-state index in [2.05, 4.69) is 4.74 Å². The van der Waals surface area contributed by atoms with E-state index < -0.39 is 23.2 Å². The summed E-state index contributed by atoms with van der Waals surface area (Å²) in [4.78, 5) is 21.7. The molecule has 2 N–H and O–H groups in total. The van der Waals surface area contributed by atoms with Crippen LogP contribution in [0.1, 0.15) is 26.3 Å². The molecule has 0 spiro atoms. The van der Waals surface area contributed by atoms with Gasteiger partial charge in [0, 0.05) is 0 Å². The molecular formula is C10H8F3NO3. The van der Waals surface area contributed by atoms with Crippen LogP contribution in [-0.4, -0.2) is 19.3 Å². The van der Waals surface area contributed by atoms with Crippen molar-refractivity contribution in [1.82, 2.24) is 0 Å². The van der Waals surface area contributed by atoms with Gasteiger partial charge in [-0.3, -0.25) is 9.59 Å². The van der Waals surface area contributed by atoms with Gasteiger partial charge < -0.3 is 10.5 Å². The van der Waals surface area contributed by atoms with Crippen LogP contribution in [0.2, 0.25) is 0 Å². The quantitative estimate of drug-likeness (QED) is 0.825. The van der Waals surface area contributed by atoms with Gasteiger partial charge in [0.25, 0.3) is 0 Å². The second-order valence-electron chi connectivity index (χ2n) is 3.12. The zero-order valence-corrected chi connectivity index (χ0v) is 8.67. The molecule has 0 saturated carbocycles. The number of ether oxygens (including phenoxy) is 1. The van der Waals surface area contributed by atoms with Gasteiger partial charge in [-0.15, -0.1) is 0 Å². The molecule has 0 bridgehead atoms. The van der Waals surface area contributed by atoms with Crippen molar-refractivity contribution in [3.05, 3.63) is 28.8 Å². The molecule has 0 aliphatic rings. The van der Waals surface area contributed by atoms with Crippen LogP contribution in [0.5, 0.6) is 5.75 Å². The monoisotopic (exact) mass is 247 g/mol. The third-order valence-corrected chi connectivity index (χ3v) is 2.07. The van der Waals surface area contributed by atoms with Gasteiger partial charge >= 0.3 is 6.18 Å². The molecule has 1 aromatic rings. The summed E-state index contributed by atoms with van der Waals surface area (Å²) >= 11 is 0. The maximum absolute atomic E-state index is 12.5. The number of nitrogens with two attached hydrogens (primary N) is 1. The molecular weight excluding hydrogens is 239 g/mol. The number of hydrogen-bond acceptors (Lipinski definition) is 3. The fourth-order valence-corrected chi connectivity index (χ4v) is 1.28. The molecule has 0 unspecified atom stereocenters. The van der Waals surface area contributed by atoms with Crippen LogP contribution < -0.4 is 10.5 Å². The van der Waals surface area contributed by atoms with Crippen LogP contribution in [0.3, 0.4) is 0 Å². The van der Waals surface area contributed by atoms with E-state index in [9.17, 15) is 22.8 Å². The van der Waals surface area contributed by atoms with Crippen molar-refractivity contribution in [3.8, 4) is 5.75 Å². The highest BCUT2D eigenvalue weighted by Crippen LogP contribution is 2.34. The Kier molecular flexibility index (Phi) is 3.40. The largest absolute Gasteiger partial charge is 0.496 e. The van der Waals surface area contributed by atoms with E-state index >= 15 is 0 Å². The van der Waals surface area contributed by atoms with Crippen molar-refractivity contribution in [3.63, 3.8) is 0 Å². The highest BCUT2D eigenvalue weighted by atomic mass is 19.4. The Morgan fingerprint density at radius 2 is 2.00 bits per heavy atom. The number of primary amides is 1. The molecule has 4 nitrogen and oxygen atoms in total. The molecule has 1 aromatic carbocycles. The fourth-order valence-electron chi connectivity index (χ4n) is 1.28. The number of amides is 1. The maximum atomic E-state index is 12.5. The standard InChI is InChI=1S/C10H8F3NO3/c1-17-8-3-5(10(11,12)13)2-6(9(14)16)7(8)4-15/h2-4H,1H3,(H2,14,16). The summed E-state index contributed by atoms with van der Waals surface area (Å²) in [6.45, 7) is 0. The lowest BCUT2D eigenvalue weighted by Crippen LogP contribution is -2.17. The van der Waals surface area contributed by atoms with Crippen molar-refractivity contribution in [1.29, 1.82) is 0 Å². The number of carbonyl (C=O) groups excluding carboxylic acids is 2. The lowest BCUT2D eigenvalue weighted by molar-refractivity contribution is -0.137. The summed E-state index contributed by atoms with van der Waals surface area (Å²) in [7, 11) is 1.09. The minimum atomic E-state index is -4.65. The number of carbonyl (C=O) groups is 2. The molecule has 92 valence electrons. The molecule has 0 fully saturated rings. The lowest BCUT2D eigenvalue weighted by Gasteiger charge is -2.12. The summed E-state index contributed by atoms with van der Waals surface area (Å²) in [5.74, 6) is -1.47. The van der Waals surface area contributed by atoms with Crippen LogP contribution >= 0.6 is 0 Å². The Bertz CT molecular complexity index is 469. The van der Waals surface area contributed by atoms with E-state index in [1.807, 2.05) is 0 Å². The first kappa shape index (κ1) is 13.0. The first-order valence-corrected chi connectivity index (χ1v) is 4.35. The highest BCUT2D eigenvalue weighted by Gasteiger charge is 2.33. The topological polar surface area (TPSA) is 69.4 Å². The van der Waals surface area contributed by atoms with Gasteiger partial charge in [-0.05, 0) is 12.1 Å². The third-order valence-electron chi connectivity index (χ3n) is 2.07. The molecule has 1 rings (SSSR count). The second-order valence-corrected chi connectivity index (χ2v) is 3.12. The summed E-state index contributed by atoms with van der Waals surface area (Å²) in [6.07, 6.45) is -4.43. The van der Waals surface area contributed by atoms with E-state index in [1.54, 1.807) is 0 Å². The Morgan fingerprint density at radius 3 is 2.35 bits per heavy atom. The van der Waals surface area contributed by atoms with Crippen LogP contribution in [0.4, 0.5) is 13.2 Å². The number of hydrogen-bond donors (Lipinski definition) is 1. The molecule has 0 aliphatic heterocycles. The van der Waals surface area contributed by atoms with E-state index in [4.69, 9.17) is 5.73 Å². The number of aldehydes is 1. The molecule has 1 amide bonds. The van der Waals surface area contributed by atoms with Gasteiger partial charge in [0.2, 0.25) is 5.91 Å². The van der Waals surface area contributed by atoms with Gasteiger partial charge in [-0.2, -0.15) is 13.2 Å².